The van der Waals surface area contributed by atoms with E-state index in [0.29, 0.717) is 34.8 Å². The maximum atomic E-state index is 11.0. The molecular formula is C16H22N5O5PS2. The van der Waals surface area contributed by atoms with Crippen molar-refractivity contribution in [2.75, 3.05) is 31.1 Å². The molecule has 1 aliphatic heterocycles. The molecule has 0 amide bonds. The molecule has 0 saturated carbocycles. The van der Waals surface area contributed by atoms with E-state index in [1.165, 1.54) is 6.33 Å². The monoisotopic (exact) mass is 459 g/mol. The lowest BCUT2D eigenvalue weighted by Crippen LogP contribution is -2.28. The minimum atomic E-state index is -3.07. The molecule has 1 unspecified atom stereocenters. The van der Waals surface area contributed by atoms with Crippen molar-refractivity contribution in [3.8, 4) is 11.8 Å². The molecule has 4 atom stereocenters. The smallest absolute Gasteiger partial charge is 0.316 e. The molecule has 0 radical (unpaired) electrons. The molecule has 3 rings (SSSR count). The van der Waals surface area contributed by atoms with E-state index in [4.69, 9.17) is 30.4 Å². The van der Waals surface area contributed by atoms with Gasteiger partial charge in [0.25, 0.3) is 0 Å². The molecule has 1 saturated heterocycles. The quantitative estimate of drug-likeness (QED) is 0.173. The van der Waals surface area contributed by atoms with Gasteiger partial charge in [0.15, 0.2) is 0 Å². The number of anilines is 1. The van der Waals surface area contributed by atoms with Crippen molar-refractivity contribution in [1.82, 2.24) is 14.5 Å². The minimum absolute atomic E-state index is 0.0461. The molecule has 2 aromatic rings. The third-order valence-electron chi connectivity index (χ3n) is 4.27. The summed E-state index contributed by atoms with van der Waals surface area (Å²) >= 11 is 0. The van der Waals surface area contributed by atoms with Crippen molar-refractivity contribution in [2.45, 2.75) is 24.9 Å². The molecule has 2 aromatic heterocycles. The Kier molecular flexibility index (Phi) is 8.23. The van der Waals surface area contributed by atoms with E-state index >= 15 is 0 Å². The van der Waals surface area contributed by atoms with Crippen LogP contribution in [-0.4, -0.2) is 57.0 Å². The molecule has 5 N–H and O–H groups in total. The van der Waals surface area contributed by atoms with Gasteiger partial charge in [-0.3, -0.25) is 4.57 Å². The maximum Gasteiger partial charge on any atom is 0.316 e. The fraction of sp³-hybridized carbons (Fsp3) is 0.500. The zero-order valence-electron chi connectivity index (χ0n) is 15.6. The summed E-state index contributed by atoms with van der Waals surface area (Å²) in [6.07, 6.45) is 4.40. The van der Waals surface area contributed by atoms with Crippen LogP contribution in [0.1, 0.15) is 18.2 Å². The molecule has 0 aliphatic carbocycles. The Labute approximate surface area is 176 Å². The molecule has 10 nitrogen and oxygen atoms in total. The summed E-state index contributed by atoms with van der Waals surface area (Å²) in [5.41, 5.74) is 12.8. The van der Waals surface area contributed by atoms with Gasteiger partial charge in [-0.05, 0) is 6.26 Å². The van der Waals surface area contributed by atoms with Crippen molar-refractivity contribution in [1.29, 1.82) is 0 Å². The zero-order chi connectivity index (χ0) is 20.8. The van der Waals surface area contributed by atoms with Crippen molar-refractivity contribution in [3.05, 3.63) is 18.1 Å². The fourth-order valence-electron chi connectivity index (χ4n) is 3.08. The van der Waals surface area contributed by atoms with E-state index in [-0.39, 0.29) is 19.3 Å². The second kappa shape index (κ2) is 10.7. The van der Waals surface area contributed by atoms with Crippen LogP contribution in [0.4, 0.5) is 5.82 Å². The molecular weight excluding hydrogens is 437 g/mol. The van der Waals surface area contributed by atoms with E-state index in [0.717, 1.165) is 0 Å². The topological polar surface area (TPSA) is 148 Å². The van der Waals surface area contributed by atoms with E-state index < -0.39 is 20.6 Å². The third kappa shape index (κ3) is 5.45. The Morgan fingerprint density at radius 3 is 3.07 bits per heavy atom. The highest BCUT2D eigenvalue weighted by atomic mass is 33.1. The lowest BCUT2D eigenvalue weighted by molar-refractivity contribution is -0.0485. The number of ether oxygens (including phenoxy) is 2. The van der Waals surface area contributed by atoms with Crippen LogP contribution in [0.2, 0.25) is 0 Å². The zero-order valence-corrected chi connectivity index (χ0v) is 18.2. The Morgan fingerprint density at radius 1 is 1.52 bits per heavy atom. The van der Waals surface area contributed by atoms with Crippen LogP contribution in [0.25, 0.3) is 11.0 Å². The minimum Gasteiger partial charge on any atom is -0.383 e. The molecule has 13 heteroatoms. The Hall–Kier alpha value is -1.29. The number of nitrogens with zero attached hydrogens (tertiary/aromatic N) is 3. The summed E-state index contributed by atoms with van der Waals surface area (Å²) in [5.74, 6) is 6.58. The van der Waals surface area contributed by atoms with E-state index in [1.807, 2.05) is 10.8 Å². The highest BCUT2D eigenvalue weighted by Gasteiger charge is 2.38. The predicted octanol–water partition coefficient (Wildman–Crippen LogP) is 1.36. The Morgan fingerprint density at radius 2 is 2.34 bits per heavy atom. The first-order chi connectivity index (χ1) is 14.0. The standard InChI is InChI=1S/C16H22N5O5PS2/c1-28-29-9-24-11-5-13(26-12(11)7-25-27(22)23)21-6-10(3-2-4-17)14-15(18)19-8-20-16(14)21/h6,8,11-13,27H,4-5,7,9,17H2,1H3,(H,22,23)(H2,18,19,20)/t11-,12+,13+/m0/s1. The van der Waals surface area contributed by atoms with Crippen LogP contribution >= 0.6 is 29.8 Å². The van der Waals surface area contributed by atoms with Gasteiger partial charge < -0.3 is 34.9 Å². The second-order valence-corrected chi connectivity index (χ2v) is 9.30. The number of nitrogens with two attached hydrogens (primary N) is 2. The van der Waals surface area contributed by atoms with Gasteiger partial charge in [-0.25, -0.2) is 9.97 Å². The van der Waals surface area contributed by atoms with Gasteiger partial charge >= 0.3 is 8.25 Å². The lowest BCUT2D eigenvalue weighted by Gasteiger charge is -2.17. The normalized spacial score (nSPS) is 22.5. The SMILES string of the molecule is CSSCO[C@H]1C[C@H](n2cc(C#CCN)c3c(N)ncnc32)O[C@@H]1CO[PH](=O)O. The predicted molar refractivity (Wildman–Crippen MR) is 114 cm³/mol. The van der Waals surface area contributed by atoms with Gasteiger partial charge in [-0.2, -0.15) is 0 Å². The molecule has 158 valence electrons. The summed E-state index contributed by atoms with van der Waals surface area (Å²) in [4.78, 5) is 17.4. The van der Waals surface area contributed by atoms with Gasteiger partial charge in [0.2, 0.25) is 0 Å². The van der Waals surface area contributed by atoms with Gasteiger partial charge in [-0.1, -0.05) is 33.4 Å². The summed E-state index contributed by atoms with van der Waals surface area (Å²) in [5, 5.41) is 0.632. The summed E-state index contributed by atoms with van der Waals surface area (Å²) in [7, 11) is 0.0791. The average Bonchev–Trinajstić information content (AvgIpc) is 3.27. The molecule has 29 heavy (non-hydrogen) atoms. The number of nitrogen functional groups attached to an aromatic ring is 1. The van der Waals surface area contributed by atoms with Crippen LogP contribution < -0.4 is 11.5 Å². The number of hydrogen-bond donors (Lipinski definition) is 3. The van der Waals surface area contributed by atoms with Crippen molar-refractivity contribution in [2.24, 2.45) is 5.73 Å². The van der Waals surface area contributed by atoms with Gasteiger partial charge in [0.05, 0.1) is 30.2 Å². The van der Waals surface area contributed by atoms with Crippen LogP contribution in [0.15, 0.2) is 12.5 Å². The first kappa shape index (κ1) is 22.4. The van der Waals surface area contributed by atoms with Crippen LogP contribution in [0, 0.1) is 11.8 Å². The van der Waals surface area contributed by atoms with Crippen LogP contribution in [0.3, 0.4) is 0 Å². The van der Waals surface area contributed by atoms with E-state index in [2.05, 4.69) is 21.8 Å². The lowest BCUT2D eigenvalue weighted by atomic mass is 10.2. The van der Waals surface area contributed by atoms with Gasteiger partial charge in [0.1, 0.15) is 36.1 Å². The number of hydrogen-bond acceptors (Lipinski definition) is 10. The van der Waals surface area contributed by atoms with Gasteiger partial charge in [0, 0.05) is 12.6 Å². The third-order valence-corrected chi connectivity index (χ3v) is 6.15. The maximum absolute atomic E-state index is 11.0. The number of aromatic nitrogens is 3. The summed E-state index contributed by atoms with van der Waals surface area (Å²) in [6.45, 7) is 0.165. The molecule has 3 heterocycles. The first-order valence-corrected chi connectivity index (χ1v) is 12.6. The highest BCUT2D eigenvalue weighted by molar-refractivity contribution is 8.76. The average molecular weight is 459 g/mol. The number of rotatable bonds is 8. The molecule has 1 fully saturated rings. The van der Waals surface area contributed by atoms with Gasteiger partial charge in [-0.15, -0.1) is 0 Å². The van der Waals surface area contributed by atoms with Crippen molar-refractivity contribution in [3.63, 3.8) is 0 Å². The Bertz CT molecular complexity index is 934. The fourth-order valence-corrected chi connectivity index (χ4v) is 4.17. The Balaban J connectivity index is 1.90. The molecule has 0 spiro atoms. The summed E-state index contributed by atoms with van der Waals surface area (Å²) in [6, 6.07) is 0. The summed E-state index contributed by atoms with van der Waals surface area (Å²) < 4.78 is 29.7. The van der Waals surface area contributed by atoms with Crippen molar-refractivity contribution >= 4 is 46.7 Å². The molecule has 0 aromatic carbocycles. The largest absolute Gasteiger partial charge is 0.383 e. The van der Waals surface area contributed by atoms with Crippen LogP contribution in [-0.2, 0) is 18.6 Å². The molecule has 1 aliphatic rings. The van der Waals surface area contributed by atoms with Crippen molar-refractivity contribution < 1.29 is 23.5 Å². The van der Waals surface area contributed by atoms with Crippen LogP contribution in [0.5, 0.6) is 0 Å². The number of fused-ring (bicyclic) bond motifs is 1. The first-order valence-electron chi connectivity index (χ1n) is 8.63. The highest BCUT2D eigenvalue weighted by Crippen LogP contribution is 2.36. The second-order valence-electron chi connectivity index (χ2n) is 5.96. The van der Waals surface area contributed by atoms with E-state index in [9.17, 15) is 4.57 Å². The molecule has 0 bridgehead atoms. The van der Waals surface area contributed by atoms with E-state index in [1.54, 1.807) is 27.8 Å².